The van der Waals surface area contributed by atoms with E-state index in [1.54, 1.807) is 25.1 Å². The van der Waals surface area contributed by atoms with E-state index in [0.717, 1.165) is 0 Å². The number of nitriles is 1. The van der Waals surface area contributed by atoms with Gasteiger partial charge in [-0.15, -0.1) is 0 Å². The van der Waals surface area contributed by atoms with Gasteiger partial charge in [-0.1, -0.05) is 0 Å². The summed E-state index contributed by atoms with van der Waals surface area (Å²) in [5.41, 5.74) is 5.96. The van der Waals surface area contributed by atoms with Crippen LogP contribution in [-0.2, 0) is 9.53 Å². The topological polar surface area (TPSA) is 105 Å². The lowest BCUT2D eigenvalue weighted by molar-refractivity contribution is -0.138. The van der Waals surface area contributed by atoms with E-state index in [-0.39, 0.29) is 12.2 Å². The summed E-state index contributed by atoms with van der Waals surface area (Å²) in [6.45, 7) is 1.86. The number of amides is 1. The Morgan fingerprint density at radius 2 is 2.05 bits per heavy atom. The van der Waals surface area contributed by atoms with Gasteiger partial charge in [0.25, 0.3) is 0 Å². The fourth-order valence-electron chi connectivity index (χ4n) is 1.23. The minimum absolute atomic E-state index is 0.138. The molecule has 19 heavy (non-hydrogen) atoms. The van der Waals surface area contributed by atoms with Gasteiger partial charge in [-0.2, -0.15) is 5.26 Å². The highest BCUT2D eigenvalue weighted by Crippen LogP contribution is 2.10. The molecule has 1 rings (SSSR count). The van der Waals surface area contributed by atoms with Gasteiger partial charge in [0.05, 0.1) is 6.61 Å². The lowest BCUT2D eigenvalue weighted by Crippen LogP contribution is -2.10. The van der Waals surface area contributed by atoms with E-state index in [0.29, 0.717) is 11.3 Å². The molecule has 1 amide bonds. The number of primary amides is 1. The second kappa shape index (κ2) is 6.81. The predicted octanol–water partition coefficient (Wildman–Crippen LogP) is 1.17. The van der Waals surface area contributed by atoms with Crippen molar-refractivity contribution in [1.29, 1.82) is 5.26 Å². The summed E-state index contributed by atoms with van der Waals surface area (Å²) in [5, 5.41) is 11.6. The molecule has 0 radical (unpaired) electrons. The van der Waals surface area contributed by atoms with E-state index >= 15 is 0 Å². The summed E-state index contributed by atoms with van der Waals surface area (Å²) < 4.78 is 4.70. The molecule has 1 aromatic rings. The van der Waals surface area contributed by atoms with Crippen molar-refractivity contribution in [2.75, 3.05) is 11.9 Å². The number of carbonyl (C=O) groups excluding carboxylic acids is 2. The number of benzene rings is 1. The van der Waals surface area contributed by atoms with Crippen molar-refractivity contribution in [2.45, 2.75) is 6.92 Å². The molecule has 0 unspecified atom stereocenters. The fraction of sp³-hybridized carbons (Fsp3) is 0.154. The average Bonchev–Trinajstić information content (AvgIpc) is 2.40. The zero-order valence-corrected chi connectivity index (χ0v) is 10.3. The SMILES string of the molecule is CCOC(=O)/C(C#N)=C/Nc1ccc(C(N)=O)cc1. The zero-order chi connectivity index (χ0) is 14.3. The van der Waals surface area contributed by atoms with Gasteiger partial charge in [-0.25, -0.2) is 4.79 Å². The van der Waals surface area contributed by atoms with Crippen molar-refractivity contribution in [3.8, 4) is 6.07 Å². The summed E-state index contributed by atoms with van der Waals surface area (Å²) in [4.78, 5) is 22.2. The third-order valence-electron chi connectivity index (χ3n) is 2.17. The fourth-order valence-corrected chi connectivity index (χ4v) is 1.23. The van der Waals surface area contributed by atoms with E-state index in [9.17, 15) is 9.59 Å². The smallest absolute Gasteiger partial charge is 0.350 e. The quantitative estimate of drug-likeness (QED) is 0.469. The molecule has 0 aliphatic carbocycles. The molecule has 0 bridgehead atoms. The average molecular weight is 259 g/mol. The Hall–Kier alpha value is -2.81. The zero-order valence-electron chi connectivity index (χ0n) is 10.3. The highest BCUT2D eigenvalue weighted by molar-refractivity contribution is 5.94. The number of nitrogens with one attached hydrogen (secondary N) is 1. The largest absolute Gasteiger partial charge is 0.462 e. The van der Waals surface area contributed by atoms with Crippen LogP contribution in [0.5, 0.6) is 0 Å². The van der Waals surface area contributed by atoms with Crippen LogP contribution in [0.15, 0.2) is 36.0 Å². The molecule has 0 atom stereocenters. The van der Waals surface area contributed by atoms with E-state index in [4.69, 9.17) is 15.7 Å². The summed E-state index contributed by atoms with van der Waals surface area (Å²) >= 11 is 0. The second-order valence-corrected chi connectivity index (χ2v) is 3.48. The molecule has 0 aromatic heterocycles. The third-order valence-corrected chi connectivity index (χ3v) is 2.17. The highest BCUT2D eigenvalue weighted by atomic mass is 16.5. The Morgan fingerprint density at radius 3 is 2.53 bits per heavy atom. The van der Waals surface area contributed by atoms with Crippen molar-refractivity contribution in [3.05, 3.63) is 41.6 Å². The van der Waals surface area contributed by atoms with E-state index in [1.807, 2.05) is 0 Å². The number of carbonyl (C=O) groups is 2. The molecule has 0 aliphatic heterocycles. The van der Waals surface area contributed by atoms with Gasteiger partial charge in [0.2, 0.25) is 5.91 Å². The molecule has 0 saturated carbocycles. The van der Waals surface area contributed by atoms with Gasteiger partial charge < -0.3 is 15.8 Å². The molecule has 0 saturated heterocycles. The van der Waals surface area contributed by atoms with Crippen LogP contribution in [0, 0.1) is 11.3 Å². The molecular formula is C13H13N3O3. The minimum Gasteiger partial charge on any atom is -0.462 e. The molecule has 0 aliphatic rings. The molecule has 6 heteroatoms. The second-order valence-electron chi connectivity index (χ2n) is 3.48. The van der Waals surface area contributed by atoms with Gasteiger partial charge in [0.1, 0.15) is 6.07 Å². The first kappa shape index (κ1) is 14.3. The van der Waals surface area contributed by atoms with Crippen LogP contribution < -0.4 is 11.1 Å². The molecule has 1 aromatic carbocycles. The molecule has 0 spiro atoms. The molecule has 0 fully saturated rings. The Morgan fingerprint density at radius 1 is 1.42 bits per heavy atom. The third kappa shape index (κ3) is 4.16. The maximum Gasteiger partial charge on any atom is 0.350 e. The normalized spacial score (nSPS) is 10.4. The van der Waals surface area contributed by atoms with Crippen molar-refractivity contribution in [3.63, 3.8) is 0 Å². The number of hydrogen-bond acceptors (Lipinski definition) is 5. The number of hydrogen-bond donors (Lipinski definition) is 2. The monoisotopic (exact) mass is 259 g/mol. The number of esters is 1. The van der Waals surface area contributed by atoms with Crippen LogP contribution in [0.1, 0.15) is 17.3 Å². The predicted molar refractivity (Wildman–Crippen MR) is 68.9 cm³/mol. The van der Waals surface area contributed by atoms with Gasteiger partial charge in [-0.05, 0) is 31.2 Å². The highest BCUT2D eigenvalue weighted by Gasteiger charge is 2.09. The maximum absolute atomic E-state index is 11.3. The van der Waals surface area contributed by atoms with E-state index < -0.39 is 11.9 Å². The lowest BCUT2D eigenvalue weighted by atomic mass is 10.2. The van der Waals surface area contributed by atoms with Crippen LogP contribution >= 0.6 is 0 Å². The van der Waals surface area contributed by atoms with Gasteiger partial charge in [0.15, 0.2) is 5.57 Å². The maximum atomic E-state index is 11.3. The Kier molecular flexibility index (Phi) is 5.11. The number of nitrogens with zero attached hydrogens (tertiary/aromatic N) is 1. The van der Waals surface area contributed by atoms with Gasteiger partial charge in [0, 0.05) is 17.5 Å². The van der Waals surface area contributed by atoms with Crippen molar-refractivity contribution in [1.82, 2.24) is 0 Å². The van der Waals surface area contributed by atoms with Crippen molar-refractivity contribution >= 4 is 17.6 Å². The first-order valence-corrected chi connectivity index (χ1v) is 5.52. The standard InChI is InChI=1S/C13H13N3O3/c1-2-19-13(18)10(7-14)8-16-11-5-3-9(4-6-11)12(15)17/h3-6,8,16H,2H2,1H3,(H2,15,17)/b10-8+. The Bertz CT molecular complexity index is 541. The lowest BCUT2D eigenvalue weighted by Gasteiger charge is -2.03. The number of ether oxygens (including phenoxy) is 1. The summed E-state index contributed by atoms with van der Waals surface area (Å²) in [6.07, 6.45) is 1.25. The number of rotatable bonds is 5. The van der Waals surface area contributed by atoms with Crippen molar-refractivity contribution in [2.24, 2.45) is 5.73 Å². The first-order valence-electron chi connectivity index (χ1n) is 5.52. The Labute approximate surface area is 110 Å². The van der Waals surface area contributed by atoms with Crippen LogP contribution in [0.4, 0.5) is 5.69 Å². The number of anilines is 1. The summed E-state index contributed by atoms with van der Waals surface area (Å²) in [5.74, 6) is -1.21. The molecule has 0 heterocycles. The van der Waals surface area contributed by atoms with Crippen LogP contribution in [0.3, 0.4) is 0 Å². The van der Waals surface area contributed by atoms with Crippen LogP contribution in [-0.4, -0.2) is 18.5 Å². The Balaban J connectivity index is 2.76. The van der Waals surface area contributed by atoms with Crippen molar-refractivity contribution < 1.29 is 14.3 Å². The van der Waals surface area contributed by atoms with Crippen LogP contribution in [0.25, 0.3) is 0 Å². The molecule has 98 valence electrons. The van der Waals surface area contributed by atoms with Gasteiger partial charge >= 0.3 is 5.97 Å². The first-order chi connectivity index (χ1) is 9.08. The summed E-state index contributed by atoms with van der Waals surface area (Å²) in [7, 11) is 0. The molecule has 6 nitrogen and oxygen atoms in total. The van der Waals surface area contributed by atoms with E-state index in [2.05, 4.69) is 5.32 Å². The minimum atomic E-state index is -0.689. The van der Waals surface area contributed by atoms with Gasteiger partial charge in [-0.3, -0.25) is 4.79 Å². The van der Waals surface area contributed by atoms with Crippen LogP contribution in [0.2, 0.25) is 0 Å². The summed E-state index contributed by atoms with van der Waals surface area (Å²) in [6, 6.07) is 8.03. The molecule has 3 N–H and O–H groups in total. The number of nitrogens with two attached hydrogens (primary N) is 1. The van der Waals surface area contributed by atoms with E-state index in [1.165, 1.54) is 18.3 Å². The molecular weight excluding hydrogens is 246 g/mol.